The maximum absolute atomic E-state index is 10.9. The summed E-state index contributed by atoms with van der Waals surface area (Å²) in [5, 5.41) is 3.46. The number of rotatable bonds is 4. The minimum atomic E-state index is -0.438. The number of aliphatic imine (C=N–C) groups is 1. The summed E-state index contributed by atoms with van der Waals surface area (Å²) < 4.78 is 0. The number of benzene rings is 1. The van der Waals surface area contributed by atoms with E-state index in [-0.39, 0.29) is 0 Å². The fourth-order valence-electron chi connectivity index (χ4n) is 1.16. The van der Waals surface area contributed by atoms with Gasteiger partial charge in [-0.05, 0) is 57.3 Å². The Morgan fingerprint density at radius 1 is 1.35 bits per heavy atom. The Morgan fingerprint density at radius 2 is 1.94 bits per heavy atom. The van der Waals surface area contributed by atoms with Gasteiger partial charge in [0.05, 0.1) is 22.1 Å². The van der Waals surface area contributed by atoms with Crippen molar-refractivity contribution in [1.82, 2.24) is 0 Å². The van der Waals surface area contributed by atoms with Gasteiger partial charge in [-0.3, -0.25) is 9.63 Å². The van der Waals surface area contributed by atoms with Crippen LogP contribution in [-0.2, 0) is 9.63 Å². The van der Waals surface area contributed by atoms with Crippen molar-refractivity contribution < 1.29 is 9.63 Å². The van der Waals surface area contributed by atoms with E-state index in [2.05, 4.69) is 22.4 Å². The van der Waals surface area contributed by atoms with E-state index < -0.39 is 5.60 Å². The molecule has 1 aromatic rings. The second kappa shape index (κ2) is 5.68. The average molecular weight is 250 g/mol. The van der Waals surface area contributed by atoms with E-state index in [0.717, 1.165) is 0 Å². The lowest BCUT2D eigenvalue weighted by atomic mass is 10.2. The smallest absolute Gasteiger partial charge is 0.238 e. The lowest BCUT2D eigenvalue weighted by Gasteiger charge is -2.26. The lowest BCUT2D eigenvalue weighted by molar-refractivity contribution is -0.120. The zero-order valence-corrected chi connectivity index (χ0v) is 10.8. The molecule has 0 radical (unpaired) electrons. The molecule has 0 aromatic heterocycles. The Hall–Kier alpha value is -1.55. The first-order chi connectivity index (χ1) is 7.96. The van der Waals surface area contributed by atoms with E-state index in [0.29, 0.717) is 17.8 Å². The normalized spacial score (nSPS) is 10.5. The molecule has 0 unspecified atom stereocenters. The molecule has 0 bridgehead atoms. The highest BCUT2D eigenvalue weighted by Crippen LogP contribution is 2.21. The summed E-state index contributed by atoms with van der Waals surface area (Å²) in [5.41, 5.74) is 0.884. The van der Waals surface area contributed by atoms with Gasteiger partial charge in [-0.25, -0.2) is 0 Å². The van der Waals surface area contributed by atoms with E-state index in [1.165, 1.54) is 5.06 Å². The highest BCUT2D eigenvalue weighted by molar-refractivity contribution is 7.78. The van der Waals surface area contributed by atoms with Crippen LogP contribution in [-0.4, -0.2) is 17.2 Å². The molecular formula is C12H14N2O2S. The molecule has 0 saturated carbocycles. The van der Waals surface area contributed by atoms with E-state index >= 15 is 0 Å². The summed E-state index contributed by atoms with van der Waals surface area (Å²) in [6.45, 7) is 5.61. The standard InChI is InChI=1S/C12H14N2O2S/c1-12(2,3)16-14(9-15)11-6-4-10(5-7-11)13-8-17/h4-7,9H,1-3H3. The third-order valence-corrected chi connectivity index (χ3v) is 1.84. The molecule has 0 heterocycles. The molecule has 1 rings (SSSR count). The van der Waals surface area contributed by atoms with Crippen molar-refractivity contribution in [3.63, 3.8) is 0 Å². The van der Waals surface area contributed by atoms with E-state index in [1.54, 1.807) is 24.3 Å². The van der Waals surface area contributed by atoms with Crippen molar-refractivity contribution >= 4 is 35.2 Å². The van der Waals surface area contributed by atoms with Crippen molar-refractivity contribution in [2.75, 3.05) is 5.06 Å². The average Bonchev–Trinajstić information content (AvgIpc) is 2.26. The first-order valence-electron chi connectivity index (χ1n) is 5.08. The Balaban J connectivity index is 2.89. The van der Waals surface area contributed by atoms with Crippen LogP contribution in [0, 0.1) is 0 Å². The SMILES string of the molecule is CC(C)(C)ON(C=O)c1ccc(N=C=S)cc1. The number of thiocarbonyl (C=S) groups is 1. The Labute approximate surface area is 106 Å². The molecule has 5 heteroatoms. The zero-order valence-electron chi connectivity index (χ0n) is 10.0. The summed E-state index contributed by atoms with van der Waals surface area (Å²) in [6.07, 6.45) is 0.628. The van der Waals surface area contributed by atoms with Gasteiger partial charge in [-0.2, -0.15) is 10.1 Å². The fourth-order valence-corrected chi connectivity index (χ4v) is 1.26. The number of hydrogen-bond donors (Lipinski definition) is 0. The molecule has 0 spiro atoms. The van der Waals surface area contributed by atoms with E-state index in [1.807, 2.05) is 20.8 Å². The van der Waals surface area contributed by atoms with Crippen LogP contribution in [0.15, 0.2) is 29.3 Å². The predicted octanol–water partition coefficient (Wildman–Crippen LogP) is 3.11. The lowest BCUT2D eigenvalue weighted by Crippen LogP contribution is -2.32. The fraction of sp³-hybridized carbons (Fsp3) is 0.333. The summed E-state index contributed by atoms with van der Waals surface area (Å²) in [7, 11) is 0. The number of hydroxylamine groups is 1. The molecule has 0 aliphatic rings. The molecule has 0 aliphatic heterocycles. The van der Waals surface area contributed by atoms with E-state index in [4.69, 9.17) is 4.84 Å². The van der Waals surface area contributed by atoms with Crippen LogP contribution in [0.2, 0.25) is 0 Å². The number of amides is 1. The monoisotopic (exact) mass is 250 g/mol. The van der Waals surface area contributed by atoms with Gasteiger partial charge in [0.15, 0.2) is 0 Å². The summed E-state index contributed by atoms with van der Waals surface area (Å²) >= 11 is 4.50. The minimum Gasteiger partial charge on any atom is -0.276 e. The molecular weight excluding hydrogens is 236 g/mol. The molecule has 0 fully saturated rings. The molecule has 17 heavy (non-hydrogen) atoms. The van der Waals surface area contributed by atoms with Crippen molar-refractivity contribution in [3.05, 3.63) is 24.3 Å². The predicted molar refractivity (Wildman–Crippen MR) is 70.5 cm³/mol. The molecule has 4 nitrogen and oxygen atoms in total. The number of nitrogens with zero attached hydrogens (tertiary/aromatic N) is 2. The number of isothiocyanates is 1. The van der Waals surface area contributed by atoms with Crippen molar-refractivity contribution in [1.29, 1.82) is 0 Å². The Bertz CT molecular complexity index is 431. The molecule has 0 atom stereocenters. The number of anilines is 1. The third kappa shape index (κ3) is 4.44. The van der Waals surface area contributed by atoms with Gasteiger partial charge in [0, 0.05) is 0 Å². The number of carbonyl (C=O) groups is 1. The zero-order chi connectivity index (χ0) is 12.9. The summed E-state index contributed by atoms with van der Waals surface area (Å²) in [4.78, 5) is 20.2. The van der Waals surface area contributed by atoms with Gasteiger partial charge in [-0.15, -0.1) is 0 Å². The molecule has 1 aromatic carbocycles. The molecule has 1 amide bonds. The summed E-state index contributed by atoms with van der Waals surface area (Å²) in [5.74, 6) is 0. The maximum atomic E-state index is 10.9. The highest BCUT2D eigenvalue weighted by Gasteiger charge is 2.17. The quantitative estimate of drug-likeness (QED) is 0.357. The Morgan fingerprint density at radius 3 is 2.35 bits per heavy atom. The largest absolute Gasteiger partial charge is 0.276 e. The molecule has 0 N–H and O–H groups in total. The topological polar surface area (TPSA) is 41.9 Å². The van der Waals surface area contributed by atoms with Crippen LogP contribution in [0.4, 0.5) is 11.4 Å². The first-order valence-corrected chi connectivity index (χ1v) is 5.49. The van der Waals surface area contributed by atoms with Crippen molar-refractivity contribution in [2.45, 2.75) is 26.4 Å². The van der Waals surface area contributed by atoms with Gasteiger partial charge in [0.1, 0.15) is 0 Å². The number of carbonyl (C=O) groups excluding carboxylic acids is 1. The van der Waals surface area contributed by atoms with Crippen LogP contribution in [0.5, 0.6) is 0 Å². The van der Waals surface area contributed by atoms with E-state index in [9.17, 15) is 4.79 Å². The second-order valence-electron chi connectivity index (χ2n) is 4.35. The van der Waals surface area contributed by atoms with Crippen molar-refractivity contribution in [3.8, 4) is 0 Å². The molecule has 90 valence electrons. The Kier molecular flexibility index (Phi) is 4.52. The first kappa shape index (κ1) is 13.5. The van der Waals surface area contributed by atoms with Crippen LogP contribution >= 0.6 is 12.2 Å². The molecule has 0 saturated heterocycles. The van der Waals surface area contributed by atoms with Gasteiger partial charge in [-0.1, -0.05) is 0 Å². The third-order valence-electron chi connectivity index (χ3n) is 1.75. The minimum absolute atomic E-state index is 0.438. The van der Waals surface area contributed by atoms with Crippen LogP contribution in [0.3, 0.4) is 0 Å². The van der Waals surface area contributed by atoms with Gasteiger partial charge in [0.2, 0.25) is 6.41 Å². The highest BCUT2D eigenvalue weighted by atomic mass is 32.1. The number of hydrogen-bond acceptors (Lipinski definition) is 4. The van der Waals surface area contributed by atoms with Gasteiger partial charge < -0.3 is 0 Å². The molecule has 0 aliphatic carbocycles. The van der Waals surface area contributed by atoms with Gasteiger partial charge in [0.25, 0.3) is 0 Å². The van der Waals surface area contributed by atoms with Crippen LogP contribution < -0.4 is 5.06 Å². The second-order valence-corrected chi connectivity index (χ2v) is 4.54. The van der Waals surface area contributed by atoms with Crippen LogP contribution in [0.1, 0.15) is 20.8 Å². The van der Waals surface area contributed by atoms with Crippen LogP contribution in [0.25, 0.3) is 0 Å². The van der Waals surface area contributed by atoms with Gasteiger partial charge >= 0.3 is 0 Å². The maximum Gasteiger partial charge on any atom is 0.238 e. The summed E-state index contributed by atoms with van der Waals surface area (Å²) in [6, 6.07) is 6.92. The van der Waals surface area contributed by atoms with Crippen molar-refractivity contribution in [2.24, 2.45) is 4.99 Å².